The first kappa shape index (κ1) is 31.7. The summed E-state index contributed by atoms with van der Waals surface area (Å²) in [6.45, 7) is 0.769. The highest BCUT2D eigenvalue weighted by atomic mass is 32.2. The highest BCUT2D eigenvalue weighted by molar-refractivity contribution is 7.92. The minimum atomic E-state index is -3.94. The molecule has 45 heavy (non-hydrogen) atoms. The van der Waals surface area contributed by atoms with Crippen LogP contribution in [0.1, 0.15) is 30.0 Å². The Bertz CT molecular complexity index is 1670. The highest BCUT2D eigenvalue weighted by Crippen LogP contribution is 2.25. The van der Waals surface area contributed by atoms with Gasteiger partial charge >= 0.3 is 0 Å². The van der Waals surface area contributed by atoms with Crippen molar-refractivity contribution in [3.63, 3.8) is 0 Å². The van der Waals surface area contributed by atoms with Crippen molar-refractivity contribution in [1.82, 2.24) is 10.2 Å². The van der Waals surface area contributed by atoms with Gasteiger partial charge in [-0.2, -0.15) is 0 Å². The van der Waals surface area contributed by atoms with Crippen molar-refractivity contribution in [3.05, 3.63) is 126 Å². The quantitative estimate of drug-likeness (QED) is 0.213. The Labute approximate surface area is 262 Å². The lowest BCUT2D eigenvalue weighted by atomic mass is 10.0. The maximum atomic E-state index is 13.8. The zero-order valence-electron chi connectivity index (χ0n) is 24.5. The Morgan fingerprint density at radius 2 is 1.58 bits per heavy atom. The minimum Gasteiger partial charge on any atom is -0.484 e. The molecule has 1 saturated heterocycles. The number of hydrogen-bond donors (Lipinski definition) is 2. The molecule has 4 aromatic carbocycles. The van der Waals surface area contributed by atoms with Crippen LogP contribution in [0, 0.1) is 5.82 Å². The summed E-state index contributed by atoms with van der Waals surface area (Å²) in [6, 6.07) is 28.1. The minimum absolute atomic E-state index is 0.0386. The number of halogens is 1. The lowest BCUT2D eigenvalue weighted by molar-refractivity contribution is -0.143. The second-order valence-electron chi connectivity index (χ2n) is 10.6. The third-order valence-electron chi connectivity index (χ3n) is 7.31. The van der Waals surface area contributed by atoms with Crippen molar-refractivity contribution in [1.29, 1.82) is 0 Å². The molecule has 9 nitrogen and oxygen atoms in total. The van der Waals surface area contributed by atoms with Crippen LogP contribution in [-0.2, 0) is 30.9 Å². The number of ether oxygens (including phenoxy) is 2. The summed E-state index contributed by atoms with van der Waals surface area (Å²) in [6.07, 6.45) is 1.74. The van der Waals surface area contributed by atoms with Gasteiger partial charge in [-0.25, -0.2) is 12.8 Å². The number of carbonyl (C=O) groups excluding carboxylic acids is 2. The first-order chi connectivity index (χ1) is 21.8. The summed E-state index contributed by atoms with van der Waals surface area (Å²) in [4.78, 5) is 29.0. The molecule has 2 atom stereocenters. The van der Waals surface area contributed by atoms with Crippen LogP contribution < -0.4 is 14.8 Å². The Morgan fingerprint density at radius 3 is 2.22 bits per heavy atom. The van der Waals surface area contributed by atoms with E-state index in [2.05, 4.69) is 10.0 Å². The number of amides is 2. The number of rotatable bonds is 13. The average molecular weight is 632 g/mol. The molecule has 1 aliphatic rings. The predicted molar refractivity (Wildman–Crippen MR) is 167 cm³/mol. The summed E-state index contributed by atoms with van der Waals surface area (Å²) in [5, 5.41) is 2.98. The number of nitrogens with zero attached hydrogens (tertiary/aromatic N) is 1. The van der Waals surface area contributed by atoms with E-state index in [9.17, 15) is 22.4 Å². The summed E-state index contributed by atoms with van der Waals surface area (Å²) in [5.41, 5.74) is 1.70. The van der Waals surface area contributed by atoms with Gasteiger partial charge in [-0.1, -0.05) is 60.7 Å². The first-order valence-corrected chi connectivity index (χ1v) is 16.1. The zero-order chi connectivity index (χ0) is 31.6. The zero-order valence-corrected chi connectivity index (χ0v) is 25.3. The number of benzene rings is 4. The fraction of sp³-hybridized carbons (Fsp3) is 0.235. The van der Waals surface area contributed by atoms with Gasteiger partial charge in [0.1, 0.15) is 17.6 Å². The van der Waals surface area contributed by atoms with Gasteiger partial charge in [-0.15, -0.1) is 0 Å². The number of anilines is 1. The molecule has 234 valence electrons. The van der Waals surface area contributed by atoms with Crippen LogP contribution in [0.25, 0.3) is 0 Å². The second kappa shape index (κ2) is 14.8. The van der Waals surface area contributed by atoms with E-state index in [4.69, 9.17) is 9.47 Å². The topological polar surface area (TPSA) is 114 Å². The number of sulfonamides is 1. The van der Waals surface area contributed by atoms with Crippen molar-refractivity contribution < 1.29 is 31.9 Å². The van der Waals surface area contributed by atoms with Crippen LogP contribution in [0.15, 0.2) is 114 Å². The molecular weight excluding hydrogens is 597 g/mol. The fourth-order valence-corrected chi connectivity index (χ4v) is 6.06. The van der Waals surface area contributed by atoms with Crippen LogP contribution >= 0.6 is 0 Å². The summed E-state index contributed by atoms with van der Waals surface area (Å²) >= 11 is 0. The molecule has 0 spiro atoms. The smallest absolute Gasteiger partial charge is 0.261 e. The van der Waals surface area contributed by atoms with Gasteiger partial charge in [-0.3, -0.25) is 14.3 Å². The van der Waals surface area contributed by atoms with E-state index < -0.39 is 34.4 Å². The Morgan fingerprint density at radius 1 is 0.911 bits per heavy atom. The van der Waals surface area contributed by atoms with Crippen molar-refractivity contribution in [2.45, 2.75) is 36.4 Å². The highest BCUT2D eigenvalue weighted by Gasteiger charge is 2.32. The Kier molecular flexibility index (Phi) is 10.4. The van der Waals surface area contributed by atoms with Gasteiger partial charge in [0.2, 0.25) is 5.91 Å². The van der Waals surface area contributed by atoms with Crippen molar-refractivity contribution in [2.75, 3.05) is 24.5 Å². The average Bonchev–Trinajstić information content (AvgIpc) is 3.58. The normalized spacial score (nSPS) is 15.2. The van der Waals surface area contributed by atoms with Crippen LogP contribution in [0.3, 0.4) is 0 Å². The van der Waals surface area contributed by atoms with E-state index in [1.165, 1.54) is 41.3 Å². The maximum Gasteiger partial charge on any atom is 0.261 e. The molecule has 1 fully saturated rings. The van der Waals surface area contributed by atoms with E-state index in [1.54, 1.807) is 0 Å². The third kappa shape index (κ3) is 8.68. The van der Waals surface area contributed by atoms with E-state index >= 15 is 0 Å². The van der Waals surface area contributed by atoms with Crippen molar-refractivity contribution in [3.8, 4) is 5.75 Å². The van der Waals surface area contributed by atoms with E-state index in [-0.39, 0.29) is 34.9 Å². The monoisotopic (exact) mass is 631 g/mol. The standard InChI is InChI=1S/C34H34FN3O6S/c35-27-13-15-28(16-14-27)37-45(41,42)31-19-17-29(18-20-31)44-24-32(39)38(23-25-8-3-1-4-9-25)33(26-10-5-2-6-11-26)34(40)36-22-30-12-7-21-43-30/h1-6,8-11,13-20,30,33,37H,7,12,21-24H2,(H,36,40). The van der Waals surface area contributed by atoms with E-state index in [0.717, 1.165) is 30.5 Å². The largest absolute Gasteiger partial charge is 0.484 e. The predicted octanol–water partition coefficient (Wildman–Crippen LogP) is 5.07. The van der Waals surface area contributed by atoms with Crippen LogP contribution in [0.2, 0.25) is 0 Å². The molecule has 0 aliphatic carbocycles. The van der Waals surface area contributed by atoms with Gasteiger partial charge in [0.05, 0.1) is 11.0 Å². The number of hydrogen-bond acceptors (Lipinski definition) is 6. The number of carbonyl (C=O) groups is 2. The first-order valence-electron chi connectivity index (χ1n) is 14.6. The van der Waals surface area contributed by atoms with Gasteiger partial charge in [0, 0.05) is 25.4 Å². The van der Waals surface area contributed by atoms with Gasteiger partial charge < -0.3 is 19.7 Å². The second-order valence-corrected chi connectivity index (χ2v) is 12.3. The lowest BCUT2D eigenvalue weighted by Gasteiger charge is -2.32. The SMILES string of the molecule is O=C(NCC1CCCO1)C(c1ccccc1)N(Cc1ccccc1)C(=O)COc1ccc(S(=O)(=O)Nc2ccc(F)cc2)cc1. The fourth-order valence-electron chi connectivity index (χ4n) is 5.00. The summed E-state index contributed by atoms with van der Waals surface area (Å²) in [7, 11) is -3.94. The lowest BCUT2D eigenvalue weighted by Crippen LogP contribution is -2.46. The third-order valence-corrected chi connectivity index (χ3v) is 8.71. The Balaban J connectivity index is 1.32. The molecule has 1 aliphatic heterocycles. The molecule has 0 radical (unpaired) electrons. The molecule has 1 heterocycles. The van der Waals surface area contributed by atoms with E-state index in [0.29, 0.717) is 18.7 Å². The molecular formula is C34H34FN3O6S. The summed E-state index contributed by atoms with van der Waals surface area (Å²) < 4.78 is 52.6. The van der Waals surface area contributed by atoms with Crippen LogP contribution in [0.4, 0.5) is 10.1 Å². The molecule has 2 N–H and O–H groups in total. The van der Waals surface area contributed by atoms with Crippen molar-refractivity contribution in [2.24, 2.45) is 0 Å². The molecule has 0 saturated carbocycles. The Hall–Kier alpha value is -4.74. The molecule has 2 unspecified atom stereocenters. The van der Waals surface area contributed by atoms with Gasteiger partial charge in [0.15, 0.2) is 6.61 Å². The van der Waals surface area contributed by atoms with Gasteiger partial charge in [0.25, 0.3) is 15.9 Å². The van der Waals surface area contributed by atoms with E-state index in [1.807, 2.05) is 60.7 Å². The molecule has 0 bridgehead atoms. The van der Waals surface area contributed by atoms with Crippen LogP contribution in [-0.4, -0.2) is 51.0 Å². The molecule has 4 aromatic rings. The molecule has 11 heteroatoms. The maximum absolute atomic E-state index is 13.8. The molecule has 0 aromatic heterocycles. The molecule has 5 rings (SSSR count). The van der Waals surface area contributed by atoms with Crippen molar-refractivity contribution >= 4 is 27.5 Å². The molecule has 2 amide bonds. The van der Waals surface area contributed by atoms with Gasteiger partial charge in [-0.05, 0) is 72.5 Å². The van der Waals surface area contributed by atoms with Crippen LogP contribution in [0.5, 0.6) is 5.75 Å². The number of nitrogens with one attached hydrogen (secondary N) is 2. The summed E-state index contributed by atoms with van der Waals surface area (Å²) in [5.74, 6) is -0.979.